The number of rotatable bonds is 6. The van der Waals surface area contributed by atoms with Gasteiger partial charge in [0, 0.05) is 13.1 Å². The molecule has 1 heterocycles. The van der Waals surface area contributed by atoms with Gasteiger partial charge in [0.2, 0.25) is 5.91 Å². The molecule has 2 aliphatic rings. The van der Waals surface area contributed by atoms with Gasteiger partial charge < -0.3 is 31.5 Å². The van der Waals surface area contributed by atoms with Crippen molar-refractivity contribution in [3.63, 3.8) is 0 Å². The first-order valence-electron chi connectivity index (χ1n) is 8.09. The van der Waals surface area contributed by atoms with Gasteiger partial charge in [0.25, 0.3) is 0 Å². The Morgan fingerprint density at radius 1 is 1.39 bits per heavy atom. The smallest absolute Gasteiger partial charge is 0.451 e. The Bertz CT molecular complexity index is 475. The van der Waals surface area contributed by atoms with Gasteiger partial charge in [-0.25, -0.2) is 0 Å². The second-order valence-electron chi connectivity index (χ2n) is 7.02. The van der Waals surface area contributed by atoms with Crippen LogP contribution < -0.4 is 11.5 Å². The molecule has 7 N–H and O–H groups in total. The molecule has 0 bridgehead atoms. The maximum Gasteiger partial charge on any atom is 0.451 e. The summed E-state index contributed by atoms with van der Waals surface area (Å²) >= 11 is 0. The van der Waals surface area contributed by atoms with Crippen LogP contribution in [-0.4, -0.2) is 63.7 Å². The molecule has 1 aliphatic carbocycles. The van der Waals surface area contributed by atoms with Crippen LogP contribution in [0.5, 0.6) is 0 Å². The molecule has 1 saturated carbocycles. The SMILES string of the molecule is C[C@H](N)C(=O)N1C[C@@H]2C[C@](N)(C(=O)O)[C@H](CCCB(O)O)[C@@H]2C1. The highest BCUT2D eigenvalue weighted by atomic mass is 16.4. The van der Waals surface area contributed by atoms with Gasteiger partial charge in [-0.2, -0.15) is 0 Å². The van der Waals surface area contributed by atoms with E-state index < -0.39 is 24.7 Å². The van der Waals surface area contributed by atoms with Crippen molar-refractivity contribution >= 4 is 19.0 Å². The van der Waals surface area contributed by atoms with Crippen LogP contribution in [0.15, 0.2) is 0 Å². The third-order valence-corrected chi connectivity index (χ3v) is 5.35. The molecule has 130 valence electrons. The Morgan fingerprint density at radius 3 is 2.57 bits per heavy atom. The van der Waals surface area contributed by atoms with E-state index in [9.17, 15) is 14.7 Å². The van der Waals surface area contributed by atoms with Gasteiger partial charge in [-0.15, -0.1) is 0 Å². The molecule has 0 radical (unpaired) electrons. The molecule has 9 heteroatoms. The summed E-state index contributed by atoms with van der Waals surface area (Å²) < 4.78 is 0. The van der Waals surface area contributed by atoms with Crippen LogP contribution in [0.4, 0.5) is 0 Å². The number of likely N-dealkylation sites (tertiary alicyclic amines) is 1. The molecule has 0 aromatic rings. The first-order chi connectivity index (χ1) is 10.7. The number of carboxylic acid groups (broad SMARTS) is 1. The maximum atomic E-state index is 12.1. The van der Waals surface area contributed by atoms with Crippen molar-refractivity contribution in [3.8, 4) is 0 Å². The largest absolute Gasteiger partial charge is 0.480 e. The third kappa shape index (κ3) is 3.52. The number of carbonyl (C=O) groups excluding carboxylic acids is 1. The Balaban J connectivity index is 2.10. The lowest BCUT2D eigenvalue weighted by Gasteiger charge is -2.31. The second-order valence-corrected chi connectivity index (χ2v) is 7.02. The minimum absolute atomic E-state index is 0.0228. The molecule has 1 saturated heterocycles. The highest BCUT2D eigenvalue weighted by molar-refractivity contribution is 6.40. The topological polar surface area (TPSA) is 150 Å². The minimum atomic E-state index is -1.40. The van der Waals surface area contributed by atoms with Gasteiger partial charge in [0.15, 0.2) is 0 Å². The van der Waals surface area contributed by atoms with Gasteiger partial charge in [-0.1, -0.05) is 6.42 Å². The number of amides is 1. The molecular formula is C14H26BN3O5. The summed E-state index contributed by atoms with van der Waals surface area (Å²) in [7, 11) is -1.40. The molecule has 0 aromatic carbocycles. The zero-order valence-corrected chi connectivity index (χ0v) is 13.4. The van der Waals surface area contributed by atoms with Crippen LogP contribution in [0.3, 0.4) is 0 Å². The number of aliphatic carboxylic acids is 1. The van der Waals surface area contributed by atoms with E-state index in [1.807, 2.05) is 0 Å². The van der Waals surface area contributed by atoms with Gasteiger partial charge in [-0.3, -0.25) is 9.59 Å². The van der Waals surface area contributed by atoms with Crippen molar-refractivity contribution in [3.05, 3.63) is 0 Å². The van der Waals surface area contributed by atoms with Crippen LogP contribution in [-0.2, 0) is 9.59 Å². The lowest BCUT2D eigenvalue weighted by molar-refractivity contribution is -0.145. The Labute approximate surface area is 136 Å². The number of carbonyl (C=O) groups is 2. The fourth-order valence-electron chi connectivity index (χ4n) is 4.24. The summed E-state index contributed by atoms with van der Waals surface area (Å²) in [5.74, 6) is -1.35. The zero-order chi connectivity index (χ0) is 17.4. The fraction of sp³-hybridized carbons (Fsp3) is 0.857. The van der Waals surface area contributed by atoms with Crippen molar-refractivity contribution in [1.29, 1.82) is 0 Å². The number of nitrogens with two attached hydrogens (primary N) is 2. The second kappa shape index (κ2) is 6.76. The number of hydrogen-bond donors (Lipinski definition) is 5. The normalized spacial score (nSPS) is 34.3. The van der Waals surface area contributed by atoms with Crippen molar-refractivity contribution in [1.82, 2.24) is 4.90 Å². The average molecular weight is 327 g/mol. The van der Waals surface area contributed by atoms with Gasteiger partial charge in [0.1, 0.15) is 5.54 Å². The first-order valence-corrected chi connectivity index (χ1v) is 8.09. The standard InChI is InChI=1S/C14H26BN3O5/c1-8(16)12(19)18-6-9-5-14(17,13(20)21)11(10(9)7-18)3-2-4-15(22)23/h8-11,22-23H,2-7,16-17H2,1H3,(H,20,21)/t8-,9-,10+,11+,14+/m0/s1. The summed E-state index contributed by atoms with van der Waals surface area (Å²) in [5, 5.41) is 27.5. The van der Waals surface area contributed by atoms with Crippen LogP contribution in [0.1, 0.15) is 26.2 Å². The molecule has 0 aromatic heterocycles. The van der Waals surface area contributed by atoms with Crippen molar-refractivity contribution < 1.29 is 24.7 Å². The lowest BCUT2D eigenvalue weighted by Crippen LogP contribution is -2.53. The number of fused-ring (bicyclic) bond motifs is 1. The molecular weight excluding hydrogens is 301 g/mol. The molecule has 1 aliphatic heterocycles. The van der Waals surface area contributed by atoms with Gasteiger partial charge >= 0.3 is 13.1 Å². The summed E-state index contributed by atoms with van der Waals surface area (Å²) in [4.78, 5) is 25.4. The summed E-state index contributed by atoms with van der Waals surface area (Å²) in [6.45, 7) is 2.61. The molecule has 1 amide bonds. The molecule has 8 nitrogen and oxygen atoms in total. The number of carboxylic acids is 1. The molecule has 2 fully saturated rings. The van der Waals surface area contributed by atoms with E-state index >= 15 is 0 Å². The third-order valence-electron chi connectivity index (χ3n) is 5.35. The van der Waals surface area contributed by atoms with Crippen LogP contribution in [0.25, 0.3) is 0 Å². The quantitative estimate of drug-likeness (QED) is 0.371. The van der Waals surface area contributed by atoms with E-state index in [0.29, 0.717) is 32.4 Å². The molecule has 5 atom stereocenters. The highest BCUT2D eigenvalue weighted by Gasteiger charge is 2.58. The van der Waals surface area contributed by atoms with Crippen molar-refractivity contribution in [2.24, 2.45) is 29.2 Å². The Hall–Kier alpha value is -1.16. The summed E-state index contributed by atoms with van der Waals surface area (Å²) in [5.41, 5.74) is 10.5. The highest BCUT2D eigenvalue weighted by Crippen LogP contribution is 2.49. The molecule has 0 spiro atoms. The molecule has 2 rings (SSSR count). The fourth-order valence-corrected chi connectivity index (χ4v) is 4.24. The summed E-state index contributed by atoms with van der Waals surface area (Å²) in [6, 6.07) is -0.570. The van der Waals surface area contributed by atoms with Crippen molar-refractivity contribution in [2.75, 3.05) is 13.1 Å². The van der Waals surface area contributed by atoms with Gasteiger partial charge in [0.05, 0.1) is 6.04 Å². The summed E-state index contributed by atoms with van der Waals surface area (Å²) in [6.07, 6.45) is 1.51. The Morgan fingerprint density at radius 2 is 2.04 bits per heavy atom. The average Bonchev–Trinajstić information content (AvgIpc) is 2.95. The van der Waals surface area contributed by atoms with E-state index in [4.69, 9.17) is 21.5 Å². The zero-order valence-electron chi connectivity index (χ0n) is 13.4. The van der Waals surface area contributed by atoms with E-state index in [-0.39, 0.29) is 30.0 Å². The first kappa shape index (κ1) is 18.2. The monoisotopic (exact) mass is 327 g/mol. The van der Waals surface area contributed by atoms with Crippen LogP contribution >= 0.6 is 0 Å². The minimum Gasteiger partial charge on any atom is -0.480 e. The van der Waals surface area contributed by atoms with E-state index in [1.165, 1.54) is 0 Å². The predicted octanol–water partition coefficient (Wildman–Crippen LogP) is -1.54. The van der Waals surface area contributed by atoms with Crippen LogP contribution in [0, 0.1) is 17.8 Å². The molecule has 23 heavy (non-hydrogen) atoms. The number of nitrogens with zero attached hydrogens (tertiary/aromatic N) is 1. The van der Waals surface area contributed by atoms with Crippen molar-refractivity contribution in [2.45, 2.75) is 44.1 Å². The van der Waals surface area contributed by atoms with E-state index in [0.717, 1.165) is 0 Å². The molecule has 0 unspecified atom stereocenters. The maximum absolute atomic E-state index is 12.1. The van der Waals surface area contributed by atoms with Gasteiger partial charge in [-0.05, 0) is 43.8 Å². The van der Waals surface area contributed by atoms with E-state index in [1.54, 1.807) is 11.8 Å². The number of hydrogen-bond acceptors (Lipinski definition) is 6. The van der Waals surface area contributed by atoms with E-state index in [2.05, 4.69) is 0 Å². The Kier molecular flexibility index (Phi) is 5.35. The van der Waals surface area contributed by atoms with Crippen LogP contribution in [0.2, 0.25) is 6.32 Å². The predicted molar refractivity (Wildman–Crippen MR) is 84.1 cm³/mol. The lowest BCUT2D eigenvalue weighted by atomic mass is 9.76.